The zero-order chi connectivity index (χ0) is 11.3. The molecule has 0 aliphatic heterocycles. The maximum Gasteiger partial charge on any atom is 0.342 e. The third-order valence-electron chi connectivity index (χ3n) is 1.85. The molecule has 1 aromatic rings. The molecule has 0 heterocycles. The van der Waals surface area contributed by atoms with Gasteiger partial charge in [-0.3, -0.25) is 0 Å². The van der Waals surface area contributed by atoms with Crippen molar-refractivity contribution in [3.05, 3.63) is 46.3 Å². The van der Waals surface area contributed by atoms with E-state index in [1.165, 1.54) is 0 Å². The number of carboxylic acid groups (broad SMARTS) is 1. The number of aliphatic hydroxyl groups is 1. The summed E-state index contributed by atoms with van der Waals surface area (Å²) in [7, 11) is 0. The first-order valence-corrected chi connectivity index (χ1v) is 4.14. The van der Waals surface area contributed by atoms with Crippen LogP contribution in [0, 0.1) is 0 Å². The van der Waals surface area contributed by atoms with Gasteiger partial charge < -0.3 is 10.2 Å². The molecule has 1 atom stereocenters. The average Bonchev–Trinajstić information content (AvgIpc) is 2.19. The third kappa shape index (κ3) is 2.70. The van der Waals surface area contributed by atoms with Gasteiger partial charge in [-0.25, -0.2) is 4.79 Å². The molecule has 0 saturated heterocycles. The molecule has 0 spiro atoms. The summed E-state index contributed by atoms with van der Waals surface area (Å²) in [6, 6.07) is 8.44. The van der Waals surface area contributed by atoms with Gasteiger partial charge in [-0.1, -0.05) is 30.3 Å². The van der Waals surface area contributed by atoms with Crippen molar-refractivity contribution >= 4 is 5.97 Å². The first kappa shape index (κ1) is 11.0. The molecule has 6 nitrogen and oxygen atoms in total. The van der Waals surface area contributed by atoms with E-state index < -0.39 is 11.7 Å². The van der Waals surface area contributed by atoms with Crippen molar-refractivity contribution in [3.63, 3.8) is 0 Å². The van der Waals surface area contributed by atoms with E-state index in [9.17, 15) is 9.90 Å². The number of hydrogen-bond acceptors (Lipinski definition) is 3. The molecule has 1 unspecified atom stereocenters. The fourth-order valence-electron chi connectivity index (χ4n) is 1.11. The van der Waals surface area contributed by atoms with Crippen LogP contribution in [0.4, 0.5) is 0 Å². The standard InChI is InChI=1S/C9H9N3O3/c10-12-11-9(15,8(13)14)6-7-4-2-1-3-5-7/h1-5,15H,6H2,(H,13,14). The molecule has 0 radical (unpaired) electrons. The molecule has 0 saturated carbocycles. The summed E-state index contributed by atoms with van der Waals surface area (Å²) in [6.45, 7) is 0. The van der Waals surface area contributed by atoms with E-state index in [0.29, 0.717) is 5.56 Å². The van der Waals surface area contributed by atoms with Crippen molar-refractivity contribution in [2.24, 2.45) is 5.11 Å². The van der Waals surface area contributed by atoms with E-state index >= 15 is 0 Å². The number of hydrogen-bond donors (Lipinski definition) is 2. The van der Waals surface area contributed by atoms with Gasteiger partial charge in [0.1, 0.15) is 0 Å². The molecule has 2 N–H and O–H groups in total. The Bertz CT molecular complexity index is 396. The van der Waals surface area contributed by atoms with E-state index in [2.05, 4.69) is 10.0 Å². The van der Waals surface area contributed by atoms with Crippen LogP contribution in [0.5, 0.6) is 0 Å². The summed E-state index contributed by atoms with van der Waals surface area (Å²) in [5.41, 5.74) is 6.32. The number of azide groups is 1. The van der Waals surface area contributed by atoms with Crippen molar-refractivity contribution in [3.8, 4) is 0 Å². The van der Waals surface area contributed by atoms with E-state index in [1.54, 1.807) is 30.3 Å². The van der Waals surface area contributed by atoms with Gasteiger partial charge in [-0.2, -0.15) is 0 Å². The first-order valence-electron chi connectivity index (χ1n) is 4.14. The highest BCUT2D eigenvalue weighted by atomic mass is 16.4. The van der Waals surface area contributed by atoms with Crippen molar-refractivity contribution in [2.75, 3.05) is 0 Å². The molecule has 1 rings (SSSR count). The average molecular weight is 207 g/mol. The van der Waals surface area contributed by atoms with E-state index in [0.717, 1.165) is 0 Å². The lowest BCUT2D eigenvalue weighted by atomic mass is 10.0. The number of aliphatic carboxylic acids is 1. The number of benzene rings is 1. The largest absolute Gasteiger partial charge is 0.479 e. The molecule has 0 amide bonds. The summed E-state index contributed by atoms with van der Waals surface area (Å²) in [5.74, 6) is -1.57. The fourth-order valence-corrected chi connectivity index (χ4v) is 1.11. The molecule has 0 bridgehead atoms. The van der Waals surface area contributed by atoms with Crippen molar-refractivity contribution in [2.45, 2.75) is 12.1 Å². The van der Waals surface area contributed by atoms with E-state index in [1.807, 2.05) is 0 Å². The molecule has 0 aliphatic carbocycles. The van der Waals surface area contributed by atoms with Gasteiger partial charge in [0.15, 0.2) is 0 Å². The molecule has 15 heavy (non-hydrogen) atoms. The highest BCUT2D eigenvalue weighted by molar-refractivity contribution is 5.77. The van der Waals surface area contributed by atoms with Crippen LogP contribution in [-0.4, -0.2) is 21.9 Å². The smallest absolute Gasteiger partial charge is 0.342 e. The summed E-state index contributed by atoms with van der Waals surface area (Å²) >= 11 is 0. The molecular weight excluding hydrogens is 198 g/mol. The Labute approximate surface area is 85.4 Å². The number of nitrogens with zero attached hydrogens (tertiary/aromatic N) is 3. The van der Waals surface area contributed by atoms with Crippen LogP contribution in [0.25, 0.3) is 10.4 Å². The topological polar surface area (TPSA) is 106 Å². The van der Waals surface area contributed by atoms with Crippen LogP contribution in [0.15, 0.2) is 35.4 Å². The lowest BCUT2D eigenvalue weighted by molar-refractivity contribution is -0.157. The van der Waals surface area contributed by atoms with Crippen LogP contribution in [-0.2, 0) is 11.2 Å². The van der Waals surface area contributed by atoms with Gasteiger partial charge in [0.25, 0.3) is 0 Å². The molecule has 0 aromatic heterocycles. The second-order valence-electron chi connectivity index (χ2n) is 2.97. The maximum absolute atomic E-state index is 10.7. The van der Waals surface area contributed by atoms with E-state index in [4.69, 9.17) is 10.6 Å². The molecular formula is C9H9N3O3. The third-order valence-corrected chi connectivity index (χ3v) is 1.85. The minimum absolute atomic E-state index is 0.257. The van der Waals surface area contributed by atoms with Gasteiger partial charge in [0.2, 0.25) is 5.72 Å². The lowest BCUT2D eigenvalue weighted by Crippen LogP contribution is -2.38. The van der Waals surface area contributed by atoms with Crippen molar-refractivity contribution < 1.29 is 15.0 Å². The minimum Gasteiger partial charge on any atom is -0.479 e. The predicted octanol–water partition coefficient (Wildman–Crippen LogP) is 1.31. The Morgan fingerprint density at radius 1 is 1.47 bits per heavy atom. The highest BCUT2D eigenvalue weighted by Gasteiger charge is 2.35. The number of rotatable bonds is 4. The number of carboxylic acids is 1. The molecule has 78 valence electrons. The van der Waals surface area contributed by atoms with Crippen LogP contribution in [0.3, 0.4) is 0 Å². The Morgan fingerprint density at radius 3 is 2.53 bits per heavy atom. The summed E-state index contributed by atoms with van der Waals surface area (Å²) in [6.07, 6.45) is -0.257. The molecule has 0 fully saturated rings. The van der Waals surface area contributed by atoms with Gasteiger partial charge >= 0.3 is 5.97 Å². The Kier molecular flexibility index (Phi) is 3.28. The lowest BCUT2D eigenvalue weighted by Gasteiger charge is -2.16. The Balaban J connectivity index is 2.95. The zero-order valence-electron chi connectivity index (χ0n) is 7.74. The normalized spacial score (nSPS) is 13.7. The number of carbonyl (C=O) groups is 1. The van der Waals surface area contributed by atoms with E-state index in [-0.39, 0.29) is 6.42 Å². The van der Waals surface area contributed by atoms with Crippen LogP contribution in [0.2, 0.25) is 0 Å². The molecule has 1 aromatic carbocycles. The van der Waals surface area contributed by atoms with Crippen molar-refractivity contribution in [1.29, 1.82) is 0 Å². The monoisotopic (exact) mass is 207 g/mol. The second kappa shape index (κ2) is 4.45. The Morgan fingerprint density at radius 2 is 2.07 bits per heavy atom. The second-order valence-corrected chi connectivity index (χ2v) is 2.97. The fraction of sp³-hybridized carbons (Fsp3) is 0.222. The van der Waals surface area contributed by atoms with Gasteiger partial charge in [0.05, 0.1) is 0 Å². The van der Waals surface area contributed by atoms with Crippen LogP contribution < -0.4 is 0 Å². The predicted molar refractivity (Wildman–Crippen MR) is 51.9 cm³/mol. The summed E-state index contributed by atoms with van der Waals surface area (Å²) in [5, 5.41) is 21.1. The highest BCUT2D eigenvalue weighted by Crippen LogP contribution is 2.15. The van der Waals surface area contributed by atoms with Gasteiger partial charge in [-0.15, -0.1) is 0 Å². The van der Waals surface area contributed by atoms with Gasteiger partial charge in [-0.05, 0) is 16.2 Å². The van der Waals surface area contributed by atoms with Crippen LogP contribution in [0.1, 0.15) is 5.56 Å². The minimum atomic E-state index is -2.42. The summed E-state index contributed by atoms with van der Waals surface area (Å²) in [4.78, 5) is 13.0. The molecule has 6 heteroatoms. The van der Waals surface area contributed by atoms with Gasteiger partial charge in [0, 0.05) is 11.3 Å². The van der Waals surface area contributed by atoms with Crippen molar-refractivity contribution in [1.82, 2.24) is 0 Å². The molecule has 0 aliphatic rings. The zero-order valence-corrected chi connectivity index (χ0v) is 7.74. The SMILES string of the molecule is [N-]=[N+]=NC(O)(Cc1ccccc1)C(=O)O. The maximum atomic E-state index is 10.7. The summed E-state index contributed by atoms with van der Waals surface area (Å²) < 4.78 is 0. The quantitative estimate of drug-likeness (QED) is 0.441. The first-order chi connectivity index (χ1) is 7.08. The van der Waals surface area contributed by atoms with Crippen LogP contribution >= 0.6 is 0 Å². The Hall–Kier alpha value is -2.04.